The number of methoxy groups -OCH3 is 1. The SMILES string of the molecule is COc1ccccc1/C(C#N)=C/c1ccc([N+](=O)[O-])cc1. The average molecular weight is 280 g/mol. The predicted octanol–water partition coefficient (Wildman–Crippen LogP) is 3.67. The summed E-state index contributed by atoms with van der Waals surface area (Å²) in [5, 5.41) is 19.9. The summed E-state index contributed by atoms with van der Waals surface area (Å²) in [6, 6.07) is 15.3. The Morgan fingerprint density at radius 1 is 1.24 bits per heavy atom. The molecular weight excluding hydrogens is 268 g/mol. The molecule has 0 aliphatic rings. The first-order valence-electron chi connectivity index (χ1n) is 6.15. The van der Waals surface area contributed by atoms with Gasteiger partial charge in [-0.2, -0.15) is 5.26 Å². The van der Waals surface area contributed by atoms with Crippen LogP contribution in [0, 0.1) is 21.4 Å². The van der Waals surface area contributed by atoms with E-state index in [4.69, 9.17) is 4.74 Å². The first-order chi connectivity index (χ1) is 10.2. The fraction of sp³-hybridized carbons (Fsp3) is 0.0625. The molecule has 0 amide bonds. The monoisotopic (exact) mass is 280 g/mol. The Balaban J connectivity index is 2.41. The van der Waals surface area contributed by atoms with Crippen molar-refractivity contribution in [2.45, 2.75) is 0 Å². The molecule has 2 aromatic rings. The molecule has 0 saturated carbocycles. The lowest BCUT2D eigenvalue weighted by Crippen LogP contribution is -1.90. The molecule has 21 heavy (non-hydrogen) atoms. The molecule has 5 nitrogen and oxygen atoms in total. The molecule has 5 heteroatoms. The fourth-order valence-electron chi connectivity index (χ4n) is 1.90. The van der Waals surface area contributed by atoms with Gasteiger partial charge < -0.3 is 4.74 Å². The Hall–Kier alpha value is -3.13. The molecule has 0 N–H and O–H groups in total. The number of nitriles is 1. The number of hydrogen-bond donors (Lipinski definition) is 0. The Morgan fingerprint density at radius 3 is 2.48 bits per heavy atom. The predicted molar refractivity (Wildman–Crippen MR) is 79.6 cm³/mol. The third-order valence-electron chi connectivity index (χ3n) is 2.93. The molecule has 0 saturated heterocycles. The number of rotatable bonds is 4. The Bertz CT molecular complexity index is 728. The lowest BCUT2D eigenvalue weighted by atomic mass is 10.0. The standard InChI is InChI=1S/C16H12N2O3/c1-21-16-5-3-2-4-15(16)13(11-17)10-12-6-8-14(9-7-12)18(19)20/h2-10H,1H3/b13-10+. The van der Waals surface area contributed by atoms with Crippen molar-refractivity contribution in [3.63, 3.8) is 0 Å². The summed E-state index contributed by atoms with van der Waals surface area (Å²) in [6.07, 6.45) is 1.67. The quantitative estimate of drug-likeness (QED) is 0.370. The molecule has 0 bridgehead atoms. The van der Waals surface area contributed by atoms with Crippen molar-refractivity contribution >= 4 is 17.3 Å². The zero-order chi connectivity index (χ0) is 15.2. The van der Waals surface area contributed by atoms with Crippen LogP contribution in [0.3, 0.4) is 0 Å². The van der Waals surface area contributed by atoms with Crippen molar-refractivity contribution in [1.82, 2.24) is 0 Å². The van der Waals surface area contributed by atoms with Gasteiger partial charge in [0.05, 0.1) is 23.7 Å². The van der Waals surface area contributed by atoms with E-state index in [0.29, 0.717) is 22.4 Å². The number of ether oxygens (including phenoxy) is 1. The summed E-state index contributed by atoms with van der Waals surface area (Å²) < 4.78 is 5.24. The van der Waals surface area contributed by atoms with Crippen molar-refractivity contribution in [2.24, 2.45) is 0 Å². The topological polar surface area (TPSA) is 76.2 Å². The molecule has 0 spiro atoms. The Morgan fingerprint density at radius 2 is 1.90 bits per heavy atom. The van der Waals surface area contributed by atoms with Crippen LogP contribution in [0.2, 0.25) is 0 Å². The third kappa shape index (κ3) is 3.25. The Labute approximate surface area is 121 Å². The van der Waals surface area contributed by atoms with Crippen LogP contribution in [0.15, 0.2) is 48.5 Å². The van der Waals surface area contributed by atoms with Gasteiger partial charge in [-0.3, -0.25) is 10.1 Å². The molecule has 0 unspecified atom stereocenters. The number of non-ortho nitro benzene ring substituents is 1. The van der Waals surface area contributed by atoms with E-state index in [-0.39, 0.29) is 5.69 Å². The van der Waals surface area contributed by atoms with E-state index in [0.717, 1.165) is 0 Å². The lowest BCUT2D eigenvalue weighted by Gasteiger charge is -2.06. The van der Waals surface area contributed by atoms with Crippen LogP contribution in [-0.4, -0.2) is 12.0 Å². The largest absolute Gasteiger partial charge is 0.496 e. The second kappa shape index (κ2) is 6.35. The molecular formula is C16H12N2O3. The smallest absolute Gasteiger partial charge is 0.269 e. The second-order valence-corrected chi connectivity index (χ2v) is 4.22. The van der Waals surface area contributed by atoms with Gasteiger partial charge in [-0.1, -0.05) is 12.1 Å². The van der Waals surface area contributed by atoms with E-state index in [1.807, 2.05) is 12.1 Å². The third-order valence-corrected chi connectivity index (χ3v) is 2.93. The van der Waals surface area contributed by atoms with Crippen molar-refractivity contribution in [3.8, 4) is 11.8 Å². The number of allylic oxidation sites excluding steroid dienone is 1. The molecule has 0 aromatic heterocycles. The van der Waals surface area contributed by atoms with Gasteiger partial charge in [0.2, 0.25) is 0 Å². The van der Waals surface area contributed by atoms with E-state index in [9.17, 15) is 15.4 Å². The molecule has 0 aliphatic heterocycles. The first-order valence-corrected chi connectivity index (χ1v) is 6.15. The van der Waals surface area contributed by atoms with Gasteiger partial charge in [0, 0.05) is 17.7 Å². The minimum atomic E-state index is -0.459. The van der Waals surface area contributed by atoms with Crippen LogP contribution >= 0.6 is 0 Å². The zero-order valence-corrected chi connectivity index (χ0v) is 11.3. The second-order valence-electron chi connectivity index (χ2n) is 4.22. The molecule has 0 atom stereocenters. The van der Waals surface area contributed by atoms with E-state index in [1.165, 1.54) is 12.1 Å². The summed E-state index contributed by atoms with van der Waals surface area (Å²) >= 11 is 0. The van der Waals surface area contributed by atoms with Crippen LogP contribution in [0.5, 0.6) is 5.75 Å². The zero-order valence-electron chi connectivity index (χ0n) is 11.3. The summed E-state index contributed by atoms with van der Waals surface area (Å²) in [5.74, 6) is 0.604. The van der Waals surface area contributed by atoms with Crippen LogP contribution in [0.1, 0.15) is 11.1 Å². The van der Waals surface area contributed by atoms with E-state index < -0.39 is 4.92 Å². The van der Waals surface area contributed by atoms with Crippen molar-refractivity contribution in [1.29, 1.82) is 5.26 Å². The van der Waals surface area contributed by atoms with E-state index >= 15 is 0 Å². The van der Waals surface area contributed by atoms with E-state index in [1.54, 1.807) is 37.5 Å². The molecule has 2 rings (SSSR count). The number of nitro groups is 1. The molecule has 0 fully saturated rings. The highest BCUT2D eigenvalue weighted by molar-refractivity contribution is 5.91. The molecule has 104 valence electrons. The minimum absolute atomic E-state index is 0.0166. The van der Waals surface area contributed by atoms with Gasteiger partial charge in [0.25, 0.3) is 5.69 Å². The van der Waals surface area contributed by atoms with Crippen LogP contribution in [0.25, 0.3) is 11.6 Å². The van der Waals surface area contributed by atoms with Gasteiger partial charge in [-0.15, -0.1) is 0 Å². The van der Waals surface area contributed by atoms with Crippen molar-refractivity contribution in [2.75, 3.05) is 7.11 Å². The molecule has 2 aromatic carbocycles. The fourth-order valence-corrected chi connectivity index (χ4v) is 1.90. The minimum Gasteiger partial charge on any atom is -0.496 e. The summed E-state index contributed by atoms with van der Waals surface area (Å²) in [5.41, 5.74) is 1.84. The summed E-state index contributed by atoms with van der Waals surface area (Å²) in [6.45, 7) is 0. The van der Waals surface area contributed by atoms with Crippen LogP contribution < -0.4 is 4.74 Å². The Kier molecular flexibility index (Phi) is 4.32. The maximum atomic E-state index is 10.6. The first kappa shape index (κ1) is 14.3. The normalized spacial score (nSPS) is 10.8. The van der Waals surface area contributed by atoms with Gasteiger partial charge in [0.15, 0.2) is 0 Å². The van der Waals surface area contributed by atoms with Crippen molar-refractivity contribution < 1.29 is 9.66 Å². The molecule has 0 heterocycles. The van der Waals surface area contributed by atoms with Crippen molar-refractivity contribution in [3.05, 3.63) is 69.8 Å². The number of benzene rings is 2. The lowest BCUT2D eigenvalue weighted by molar-refractivity contribution is -0.384. The van der Waals surface area contributed by atoms with Crippen LogP contribution in [-0.2, 0) is 0 Å². The maximum Gasteiger partial charge on any atom is 0.269 e. The molecule has 0 aliphatic carbocycles. The van der Waals surface area contributed by atoms with Gasteiger partial charge in [-0.25, -0.2) is 0 Å². The highest BCUT2D eigenvalue weighted by Crippen LogP contribution is 2.27. The summed E-state index contributed by atoms with van der Waals surface area (Å²) in [4.78, 5) is 10.2. The number of nitro benzene ring substituents is 1. The van der Waals surface area contributed by atoms with Gasteiger partial charge >= 0.3 is 0 Å². The number of para-hydroxylation sites is 1. The average Bonchev–Trinajstić information content (AvgIpc) is 2.53. The number of hydrogen-bond acceptors (Lipinski definition) is 4. The highest BCUT2D eigenvalue weighted by Gasteiger charge is 2.08. The van der Waals surface area contributed by atoms with Crippen LogP contribution in [0.4, 0.5) is 5.69 Å². The van der Waals surface area contributed by atoms with Gasteiger partial charge in [0.1, 0.15) is 5.75 Å². The maximum absolute atomic E-state index is 10.6. The van der Waals surface area contributed by atoms with Gasteiger partial charge in [-0.05, 0) is 35.9 Å². The summed E-state index contributed by atoms with van der Waals surface area (Å²) in [7, 11) is 1.54. The highest BCUT2D eigenvalue weighted by atomic mass is 16.6. The van der Waals surface area contributed by atoms with E-state index in [2.05, 4.69) is 6.07 Å². The number of nitrogens with zero attached hydrogens (tertiary/aromatic N) is 2. The molecule has 0 radical (unpaired) electrons.